The van der Waals surface area contributed by atoms with Crippen LogP contribution in [-0.2, 0) is 9.59 Å². The largest absolute Gasteiger partial charge is 0.289 e. The number of allylic oxidation sites excluding steroid dienone is 4. The highest BCUT2D eigenvalue weighted by Gasteiger charge is 2.39. The van der Waals surface area contributed by atoms with Crippen LogP contribution in [0.3, 0.4) is 0 Å². The zero-order valence-corrected chi connectivity index (χ0v) is 39.9. The Morgan fingerprint density at radius 1 is 0.450 bits per heavy atom. The van der Waals surface area contributed by atoms with Crippen molar-refractivity contribution < 1.29 is 9.59 Å². The van der Waals surface area contributed by atoms with Crippen LogP contribution in [0, 0.1) is 33.5 Å². The van der Waals surface area contributed by atoms with Gasteiger partial charge in [-0.15, -0.1) is 22.7 Å². The first-order valence-electron chi connectivity index (χ1n) is 20.4. The van der Waals surface area contributed by atoms with Crippen molar-refractivity contribution in [2.24, 2.45) is 54.0 Å². The van der Waals surface area contributed by atoms with Gasteiger partial charge in [0.25, 0.3) is 0 Å². The third-order valence-electron chi connectivity index (χ3n) is 10.7. The van der Waals surface area contributed by atoms with Crippen LogP contribution in [0.25, 0.3) is 9.75 Å². The van der Waals surface area contributed by atoms with E-state index in [4.69, 9.17) is 43.7 Å². The third-order valence-corrected chi connectivity index (χ3v) is 13.7. The van der Waals surface area contributed by atoms with Crippen LogP contribution in [0.1, 0.15) is 105 Å². The van der Waals surface area contributed by atoms with E-state index in [9.17, 15) is 9.59 Å². The normalized spacial score (nSPS) is 17.6. The average molecular weight is 880 g/mol. The zero-order chi connectivity index (χ0) is 43.9. The lowest BCUT2D eigenvalue weighted by molar-refractivity contribution is -0.115. The number of hydrogen-bond acceptors (Lipinski definition) is 8. The molecule has 0 spiro atoms. The molecule has 10 heteroatoms. The van der Waals surface area contributed by atoms with E-state index < -0.39 is 0 Å². The highest BCUT2D eigenvalue weighted by Crippen LogP contribution is 2.48. The van der Waals surface area contributed by atoms with Gasteiger partial charge in [0.15, 0.2) is 11.6 Å². The number of halogens is 2. The second-order valence-electron chi connectivity index (χ2n) is 19.8. The number of Topliss-reactive ketones (excluding diaryl/α,β-unsaturated/α-hetero) is 2. The van der Waals surface area contributed by atoms with Gasteiger partial charge >= 0.3 is 0 Å². The van der Waals surface area contributed by atoms with Crippen molar-refractivity contribution in [2.75, 3.05) is 0 Å². The van der Waals surface area contributed by atoms with E-state index in [1.54, 1.807) is 22.7 Å². The fourth-order valence-corrected chi connectivity index (χ4v) is 9.94. The number of carbonyl (C=O) groups excluding carboxylic acids is 2. The first-order valence-corrected chi connectivity index (χ1v) is 22.8. The minimum absolute atomic E-state index is 0.0941. The van der Waals surface area contributed by atoms with Crippen molar-refractivity contribution in [3.05, 3.63) is 139 Å². The summed E-state index contributed by atoms with van der Waals surface area (Å²) in [5.41, 5.74) is 3.15. The van der Waals surface area contributed by atoms with Crippen molar-refractivity contribution in [3.63, 3.8) is 0 Å². The van der Waals surface area contributed by atoms with Gasteiger partial charge in [-0.3, -0.25) is 9.59 Å². The van der Waals surface area contributed by atoms with E-state index in [0.717, 1.165) is 41.8 Å². The monoisotopic (exact) mass is 878 g/mol. The van der Waals surface area contributed by atoms with Gasteiger partial charge in [0, 0.05) is 63.7 Å². The fourth-order valence-electron chi connectivity index (χ4n) is 7.39. The lowest BCUT2D eigenvalue weighted by Gasteiger charge is -2.34. The average Bonchev–Trinajstić information content (AvgIpc) is 3.83. The number of nitrogens with zero attached hydrogens (tertiary/aromatic N) is 4. The Morgan fingerprint density at radius 2 is 0.733 bits per heavy atom. The minimum atomic E-state index is -0.385. The Kier molecular flexibility index (Phi) is 13.1. The molecule has 2 aromatic heterocycles. The highest BCUT2D eigenvalue weighted by atomic mass is 35.5. The molecule has 60 heavy (non-hydrogen) atoms. The summed E-state index contributed by atoms with van der Waals surface area (Å²) < 4.78 is 0. The molecule has 2 unspecified atom stereocenters. The van der Waals surface area contributed by atoms with Crippen molar-refractivity contribution >= 4 is 68.8 Å². The Bertz CT molecular complexity index is 2200. The summed E-state index contributed by atoms with van der Waals surface area (Å²) >= 11 is 15.8. The standard InChI is InChI=1S/C50H56Cl2N4O2S2/c1-47(2,3)35-25-29(26-36(45(35)57)48(4,5)6)43(55-53-33-17-13-31(51)14-18-33)41-23-21-39(59-41)40-22-24-42(60-40)44(56-54-34-19-15-32(52)16-20-34)30-27-37(49(7,8)9)46(58)38(28-30)50(10,11)12/h13-30,43-44H,1-12H3/b55-53+,56-54+. The first-order chi connectivity index (χ1) is 27.9. The molecule has 6 nitrogen and oxygen atoms in total. The molecule has 0 saturated heterocycles. The number of thiophene rings is 2. The van der Waals surface area contributed by atoms with Crippen molar-refractivity contribution in [1.29, 1.82) is 0 Å². The topological polar surface area (TPSA) is 83.6 Å². The summed E-state index contributed by atoms with van der Waals surface area (Å²) in [7, 11) is 0. The van der Waals surface area contributed by atoms with Crippen LogP contribution in [0.5, 0.6) is 0 Å². The van der Waals surface area contributed by atoms with E-state index in [2.05, 4.69) is 132 Å². The smallest absolute Gasteiger partial charge is 0.185 e. The second-order valence-corrected chi connectivity index (χ2v) is 22.9. The molecule has 0 amide bonds. The molecule has 0 saturated carbocycles. The van der Waals surface area contributed by atoms with Crippen molar-refractivity contribution in [2.45, 2.75) is 95.2 Å². The summed E-state index contributed by atoms with van der Waals surface area (Å²) in [6.07, 6.45) is 8.43. The molecule has 2 aliphatic rings. The summed E-state index contributed by atoms with van der Waals surface area (Å²) in [5, 5.41) is 20.7. The van der Waals surface area contributed by atoms with E-state index in [1.165, 1.54) is 0 Å². The van der Waals surface area contributed by atoms with Gasteiger partial charge in [0.2, 0.25) is 0 Å². The predicted molar refractivity (Wildman–Crippen MR) is 252 cm³/mol. The Hall–Kier alpha value is -4.08. The Morgan fingerprint density at radius 3 is 1.00 bits per heavy atom. The Balaban J connectivity index is 1.44. The second kappa shape index (κ2) is 17.4. The lowest BCUT2D eigenvalue weighted by atomic mass is 9.70. The lowest BCUT2D eigenvalue weighted by Crippen LogP contribution is -2.30. The molecule has 2 heterocycles. The number of hydrogen-bond donors (Lipinski definition) is 0. The maximum Gasteiger partial charge on any atom is 0.185 e. The highest BCUT2D eigenvalue weighted by molar-refractivity contribution is 7.22. The maximum absolute atomic E-state index is 13.9. The molecule has 0 aliphatic heterocycles. The molecule has 0 bridgehead atoms. The van der Waals surface area contributed by atoms with E-state index in [1.807, 2.05) is 48.5 Å². The molecule has 4 aromatic rings. The van der Waals surface area contributed by atoms with Gasteiger partial charge < -0.3 is 0 Å². The van der Waals surface area contributed by atoms with Gasteiger partial charge in [-0.2, -0.15) is 20.5 Å². The number of ketones is 2. The fraction of sp³-hybridized carbons (Fsp3) is 0.400. The van der Waals surface area contributed by atoms with E-state index >= 15 is 0 Å². The van der Waals surface area contributed by atoms with Crippen LogP contribution in [-0.4, -0.2) is 11.6 Å². The van der Waals surface area contributed by atoms with E-state index in [0.29, 0.717) is 21.4 Å². The van der Waals surface area contributed by atoms with Crippen molar-refractivity contribution in [1.82, 2.24) is 0 Å². The van der Waals surface area contributed by atoms with Crippen LogP contribution < -0.4 is 0 Å². The van der Waals surface area contributed by atoms with Gasteiger partial charge in [-0.05, 0) is 94.5 Å². The number of rotatable bonds is 9. The van der Waals surface area contributed by atoms with Gasteiger partial charge in [0.05, 0.1) is 11.4 Å². The minimum Gasteiger partial charge on any atom is -0.289 e. The SMILES string of the molecule is CC(C)(C)C1=CC(C(/N=N/c2ccc(Cl)cc2)c2ccc(-c3ccc(C(/N=N/c4ccc(Cl)cc4)C4C=C(C(C)(C)C)C(=O)C(C(C)(C)C)=C4)s3)s2)C=C(C(C)(C)C)C1=O. The molecule has 2 aliphatic carbocycles. The van der Waals surface area contributed by atoms with Gasteiger partial charge in [-0.1, -0.05) is 131 Å². The van der Waals surface area contributed by atoms with Gasteiger partial charge in [-0.25, -0.2) is 0 Å². The maximum atomic E-state index is 13.9. The predicted octanol–water partition coefficient (Wildman–Crippen LogP) is 16.7. The molecular weight excluding hydrogens is 824 g/mol. The summed E-state index contributed by atoms with van der Waals surface area (Å²) in [5.74, 6) is -0.216. The molecule has 314 valence electrons. The number of carbonyl (C=O) groups is 2. The molecule has 2 atom stereocenters. The molecular formula is C50H56Cl2N4O2S2. The van der Waals surface area contributed by atoms with Crippen LogP contribution in [0.2, 0.25) is 10.0 Å². The summed E-state index contributed by atoms with van der Waals surface area (Å²) in [4.78, 5) is 32.1. The zero-order valence-electron chi connectivity index (χ0n) is 36.7. The molecule has 0 N–H and O–H groups in total. The first kappa shape index (κ1) is 45.4. The molecule has 0 fully saturated rings. The van der Waals surface area contributed by atoms with Gasteiger partial charge in [0.1, 0.15) is 12.1 Å². The summed E-state index contributed by atoms with van der Waals surface area (Å²) in [6, 6.07) is 22.5. The van der Waals surface area contributed by atoms with Crippen LogP contribution in [0.4, 0.5) is 11.4 Å². The molecule has 6 rings (SSSR count). The Labute approximate surface area is 374 Å². The third kappa shape index (κ3) is 10.5. The molecule has 2 aromatic carbocycles. The van der Waals surface area contributed by atoms with Crippen molar-refractivity contribution in [3.8, 4) is 9.75 Å². The summed E-state index contributed by atoms with van der Waals surface area (Å²) in [6.45, 7) is 25.1. The quantitative estimate of drug-likeness (QED) is 0.157. The van der Waals surface area contributed by atoms with Crippen LogP contribution >= 0.6 is 45.9 Å². The number of benzene rings is 2. The van der Waals surface area contributed by atoms with Crippen LogP contribution in [0.15, 0.2) is 140 Å². The number of azo groups is 2. The molecule has 0 radical (unpaired) electrons. The van der Waals surface area contributed by atoms with E-state index in [-0.39, 0.29) is 57.1 Å².